The lowest BCUT2D eigenvalue weighted by atomic mass is 10.2. The third kappa shape index (κ3) is 5.77. The fourth-order valence-corrected chi connectivity index (χ4v) is 1.96. The highest BCUT2D eigenvalue weighted by Gasteiger charge is 2.08. The molecule has 0 heterocycles. The zero-order valence-electron chi connectivity index (χ0n) is 10.9. The van der Waals surface area contributed by atoms with Gasteiger partial charge in [0.25, 0.3) is 0 Å². The molecular formula is C14H18O4S. The first kappa shape index (κ1) is 15.5. The van der Waals surface area contributed by atoms with Crippen LogP contribution in [-0.4, -0.2) is 38.2 Å². The predicted molar refractivity (Wildman–Crippen MR) is 74.8 cm³/mol. The van der Waals surface area contributed by atoms with Crippen molar-refractivity contribution in [1.29, 1.82) is 0 Å². The molecule has 0 fully saturated rings. The summed E-state index contributed by atoms with van der Waals surface area (Å²) in [6, 6.07) is 7.19. The van der Waals surface area contributed by atoms with Crippen LogP contribution in [0.2, 0.25) is 0 Å². The third-order valence-corrected chi connectivity index (χ3v) is 4.11. The molecule has 0 aliphatic heterocycles. The molecular weight excluding hydrogens is 264 g/mol. The first-order valence-corrected chi connectivity index (χ1v) is 7.93. The van der Waals surface area contributed by atoms with Gasteiger partial charge >= 0.3 is 0 Å². The molecule has 1 aromatic carbocycles. The number of hydrogen-bond acceptors (Lipinski definition) is 4. The normalized spacial score (nSPS) is 10.6. The van der Waals surface area contributed by atoms with E-state index >= 15 is 0 Å². The molecule has 1 rings (SSSR count). The molecule has 0 aliphatic carbocycles. The monoisotopic (exact) mass is 282 g/mol. The minimum atomic E-state index is -3.02. The summed E-state index contributed by atoms with van der Waals surface area (Å²) >= 11 is 0. The topological polar surface area (TPSA) is 63.6 Å². The number of hydrogen-bond donors (Lipinski definition) is 1. The van der Waals surface area contributed by atoms with E-state index < -0.39 is 9.84 Å². The van der Waals surface area contributed by atoms with Crippen LogP contribution in [0.15, 0.2) is 24.3 Å². The molecule has 0 saturated carbocycles. The van der Waals surface area contributed by atoms with E-state index in [0.29, 0.717) is 17.7 Å². The average molecular weight is 282 g/mol. The molecule has 0 bridgehead atoms. The molecule has 0 saturated heterocycles. The quantitative estimate of drug-likeness (QED) is 0.797. The number of para-hydroxylation sites is 1. The maximum Gasteiger partial charge on any atom is 0.153 e. The number of benzene rings is 1. The molecule has 0 amide bonds. The summed E-state index contributed by atoms with van der Waals surface area (Å²) in [6.07, 6.45) is 0.401. The molecule has 0 atom stereocenters. The Labute approximate surface area is 114 Å². The predicted octanol–water partition coefficient (Wildman–Crippen LogP) is 1.23. The van der Waals surface area contributed by atoms with Crippen LogP contribution in [0.1, 0.15) is 18.9 Å². The zero-order chi connectivity index (χ0) is 14.1. The molecule has 4 nitrogen and oxygen atoms in total. The van der Waals surface area contributed by atoms with Gasteiger partial charge in [-0.05, 0) is 12.1 Å². The molecule has 0 aliphatic rings. The summed E-state index contributed by atoms with van der Waals surface area (Å²) in [5.74, 6) is 6.39. The molecule has 1 aromatic rings. The molecule has 104 valence electrons. The minimum Gasteiger partial charge on any atom is -0.491 e. The van der Waals surface area contributed by atoms with Crippen LogP contribution in [0, 0.1) is 11.8 Å². The van der Waals surface area contributed by atoms with Crippen molar-refractivity contribution in [3.8, 4) is 17.6 Å². The highest BCUT2D eigenvalue weighted by molar-refractivity contribution is 7.91. The van der Waals surface area contributed by atoms with Crippen molar-refractivity contribution in [3.63, 3.8) is 0 Å². The van der Waals surface area contributed by atoms with E-state index in [0.717, 1.165) is 0 Å². The van der Waals surface area contributed by atoms with Crippen LogP contribution < -0.4 is 4.74 Å². The van der Waals surface area contributed by atoms with Gasteiger partial charge in [-0.1, -0.05) is 30.9 Å². The van der Waals surface area contributed by atoms with Crippen LogP contribution in [0.25, 0.3) is 0 Å². The molecule has 0 radical (unpaired) electrons. The number of ether oxygens (including phenoxy) is 1. The Balaban J connectivity index is 2.66. The largest absolute Gasteiger partial charge is 0.491 e. The van der Waals surface area contributed by atoms with Crippen LogP contribution in [0.5, 0.6) is 5.75 Å². The van der Waals surface area contributed by atoms with Crippen LogP contribution in [0.4, 0.5) is 0 Å². The van der Waals surface area contributed by atoms with E-state index in [4.69, 9.17) is 9.84 Å². The van der Waals surface area contributed by atoms with Gasteiger partial charge < -0.3 is 9.84 Å². The Kier molecular flexibility index (Phi) is 6.40. The second-order valence-electron chi connectivity index (χ2n) is 3.86. The SMILES string of the molecule is CCS(=O)(=O)CCOc1ccccc1C#CCCO. The molecule has 0 spiro atoms. The van der Waals surface area contributed by atoms with E-state index in [1.54, 1.807) is 25.1 Å². The molecule has 0 aromatic heterocycles. The molecule has 19 heavy (non-hydrogen) atoms. The standard InChI is InChI=1S/C14H18O4S/c1-2-19(16,17)12-11-18-14-9-4-3-7-13(14)8-5-6-10-15/h3-4,7,9,15H,2,6,10-12H2,1H3. The minimum absolute atomic E-state index is 0.00189. The van der Waals surface area contributed by atoms with Crippen LogP contribution in [0.3, 0.4) is 0 Å². The molecule has 1 N–H and O–H groups in total. The van der Waals surface area contributed by atoms with E-state index in [-0.39, 0.29) is 24.7 Å². The summed E-state index contributed by atoms with van der Waals surface area (Å²) < 4.78 is 28.2. The van der Waals surface area contributed by atoms with Crippen LogP contribution >= 0.6 is 0 Å². The van der Waals surface area contributed by atoms with E-state index in [9.17, 15) is 8.42 Å². The zero-order valence-corrected chi connectivity index (χ0v) is 11.7. The van der Waals surface area contributed by atoms with Crippen molar-refractivity contribution in [1.82, 2.24) is 0 Å². The Hall–Kier alpha value is -1.51. The Morgan fingerprint density at radius 2 is 2.05 bits per heavy atom. The summed E-state index contributed by atoms with van der Waals surface area (Å²) in [6.45, 7) is 1.75. The highest BCUT2D eigenvalue weighted by atomic mass is 32.2. The second kappa shape index (κ2) is 7.82. The lowest BCUT2D eigenvalue weighted by Gasteiger charge is -2.07. The molecule has 5 heteroatoms. The maximum absolute atomic E-state index is 11.3. The molecule has 0 unspecified atom stereocenters. The van der Waals surface area contributed by atoms with Gasteiger partial charge in [0.15, 0.2) is 9.84 Å². The van der Waals surface area contributed by atoms with Gasteiger partial charge in [0, 0.05) is 12.2 Å². The summed E-state index contributed by atoms with van der Waals surface area (Å²) in [5, 5.41) is 8.67. The van der Waals surface area contributed by atoms with Gasteiger partial charge in [-0.15, -0.1) is 0 Å². The number of aliphatic hydroxyl groups is 1. The number of rotatable bonds is 6. The Bertz CT molecular complexity index is 552. The smallest absolute Gasteiger partial charge is 0.153 e. The van der Waals surface area contributed by atoms with E-state index in [2.05, 4.69) is 11.8 Å². The van der Waals surface area contributed by atoms with Crippen molar-refractivity contribution < 1.29 is 18.3 Å². The van der Waals surface area contributed by atoms with Crippen molar-refractivity contribution in [2.45, 2.75) is 13.3 Å². The van der Waals surface area contributed by atoms with E-state index in [1.165, 1.54) is 0 Å². The van der Waals surface area contributed by atoms with Gasteiger partial charge in [-0.2, -0.15) is 0 Å². The lowest BCUT2D eigenvalue weighted by Crippen LogP contribution is -2.15. The third-order valence-electron chi connectivity index (χ3n) is 2.44. The van der Waals surface area contributed by atoms with Crippen molar-refractivity contribution in [3.05, 3.63) is 29.8 Å². The summed E-state index contributed by atoms with van der Waals surface area (Å²) in [4.78, 5) is 0. The van der Waals surface area contributed by atoms with Gasteiger partial charge in [0.1, 0.15) is 12.4 Å². The maximum atomic E-state index is 11.3. The fourth-order valence-electron chi connectivity index (χ4n) is 1.33. The first-order chi connectivity index (χ1) is 9.09. The summed E-state index contributed by atoms with van der Waals surface area (Å²) in [7, 11) is -3.02. The average Bonchev–Trinajstić information content (AvgIpc) is 2.41. The van der Waals surface area contributed by atoms with Gasteiger partial charge in [-0.25, -0.2) is 8.42 Å². The number of sulfone groups is 1. The second-order valence-corrected chi connectivity index (χ2v) is 6.33. The van der Waals surface area contributed by atoms with Gasteiger partial charge in [0.2, 0.25) is 0 Å². The Morgan fingerprint density at radius 3 is 2.74 bits per heavy atom. The van der Waals surface area contributed by atoms with E-state index in [1.807, 2.05) is 6.07 Å². The van der Waals surface area contributed by atoms with Crippen molar-refractivity contribution in [2.24, 2.45) is 0 Å². The van der Waals surface area contributed by atoms with Gasteiger partial charge in [0.05, 0.1) is 17.9 Å². The Morgan fingerprint density at radius 1 is 1.32 bits per heavy atom. The van der Waals surface area contributed by atoms with Crippen molar-refractivity contribution >= 4 is 9.84 Å². The lowest BCUT2D eigenvalue weighted by molar-refractivity contribution is 0.305. The van der Waals surface area contributed by atoms with Crippen LogP contribution in [-0.2, 0) is 9.84 Å². The highest BCUT2D eigenvalue weighted by Crippen LogP contribution is 2.16. The van der Waals surface area contributed by atoms with Gasteiger partial charge in [-0.3, -0.25) is 0 Å². The summed E-state index contributed by atoms with van der Waals surface area (Å²) in [5.41, 5.74) is 0.699. The number of aliphatic hydroxyl groups excluding tert-OH is 1. The van der Waals surface area contributed by atoms with Crippen molar-refractivity contribution in [2.75, 3.05) is 24.7 Å². The first-order valence-electron chi connectivity index (χ1n) is 6.11. The fraction of sp³-hybridized carbons (Fsp3) is 0.429.